The van der Waals surface area contributed by atoms with E-state index < -0.39 is 74.6 Å². The van der Waals surface area contributed by atoms with Gasteiger partial charge in [0.15, 0.2) is 12.6 Å². The van der Waals surface area contributed by atoms with Crippen molar-refractivity contribution in [1.82, 2.24) is 0 Å². The van der Waals surface area contributed by atoms with Crippen molar-refractivity contribution in [3.63, 3.8) is 0 Å². The van der Waals surface area contributed by atoms with Gasteiger partial charge in [-0.15, -0.1) is 0 Å². The fraction of sp³-hybridized carbons (Fsp3) is 1.00. The van der Waals surface area contributed by atoms with Crippen LogP contribution in [0.2, 0.25) is 0 Å². The predicted octanol–water partition coefficient (Wildman–Crippen LogP) is -4.35. The monoisotopic (exact) mass is 370 g/mol. The molecule has 0 aromatic carbocycles. The van der Waals surface area contributed by atoms with Gasteiger partial charge >= 0.3 is 0 Å². The van der Waals surface area contributed by atoms with E-state index in [2.05, 4.69) is 0 Å². The normalized spacial score (nSPS) is 48.5. The van der Waals surface area contributed by atoms with Crippen LogP contribution in [0.4, 0.5) is 0 Å². The van der Waals surface area contributed by atoms with Crippen molar-refractivity contribution < 1.29 is 54.7 Å². The Hall–Kier alpha value is -0.440. The molecule has 0 radical (unpaired) electrons. The molecular formula is C14H26O11. The summed E-state index contributed by atoms with van der Waals surface area (Å²) in [4.78, 5) is 0. The summed E-state index contributed by atoms with van der Waals surface area (Å²) < 4.78 is 21.0. The van der Waals surface area contributed by atoms with Gasteiger partial charge in [-0.25, -0.2) is 0 Å². The summed E-state index contributed by atoms with van der Waals surface area (Å²) in [6.45, 7) is 0.598. The summed E-state index contributed by atoms with van der Waals surface area (Å²) in [6.07, 6.45) is -14.1. The second kappa shape index (κ2) is 8.97. The molecule has 25 heavy (non-hydrogen) atoms. The van der Waals surface area contributed by atoms with Crippen molar-refractivity contribution in [3.05, 3.63) is 0 Å². The molecule has 2 aliphatic heterocycles. The Morgan fingerprint density at radius 3 is 1.96 bits per heavy atom. The zero-order valence-corrected chi connectivity index (χ0v) is 13.7. The van der Waals surface area contributed by atoms with E-state index in [0.717, 1.165) is 0 Å². The minimum atomic E-state index is -1.72. The Balaban J connectivity index is 2.15. The number of rotatable bonds is 6. The fourth-order valence-corrected chi connectivity index (χ4v) is 2.94. The van der Waals surface area contributed by atoms with Gasteiger partial charge in [-0.2, -0.15) is 0 Å². The summed E-state index contributed by atoms with van der Waals surface area (Å²) in [6, 6.07) is 0. The highest BCUT2D eigenvalue weighted by Gasteiger charge is 2.50. The summed E-state index contributed by atoms with van der Waals surface area (Å²) in [5.74, 6) is 0. The maximum Gasteiger partial charge on any atom is 0.187 e. The standard InChI is InChI=1S/C14H26O11/c1-2-22-12-7(17)5(3-15)24-14(10(12)20)25-11-6(4-16)23-13(21)9(19)8(11)18/h5-21H,2-4H2,1H3/t5-,6-,7-,8-,9-,10-,11-,12+,13-,14-/m1/s1. The van der Waals surface area contributed by atoms with Crippen LogP contribution in [0.5, 0.6) is 0 Å². The minimum absolute atomic E-state index is 0.170. The highest BCUT2D eigenvalue weighted by atomic mass is 16.7. The average molecular weight is 370 g/mol. The molecule has 2 fully saturated rings. The third-order valence-corrected chi connectivity index (χ3v) is 4.31. The molecule has 0 saturated carbocycles. The van der Waals surface area contributed by atoms with E-state index in [9.17, 15) is 35.7 Å². The summed E-state index contributed by atoms with van der Waals surface area (Å²) in [5, 5.41) is 68.3. The number of hydrogen-bond acceptors (Lipinski definition) is 11. The van der Waals surface area contributed by atoms with Crippen molar-refractivity contribution in [1.29, 1.82) is 0 Å². The second-order valence-electron chi connectivity index (χ2n) is 5.96. The van der Waals surface area contributed by atoms with Crippen LogP contribution in [-0.4, -0.2) is 117 Å². The lowest BCUT2D eigenvalue weighted by molar-refractivity contribution is -0.357. The number of ether oxygens (including phenoxy) is 4. The first-order valence-electron chi connectivity index (χ1n) is 8.05. The molecule has 0 aliphatic carbocycles. The van der Waals surface area contributed by atoms with Gasteiger partial charge in [0.1, 0.15) is 48.8 Å². The Bertz CT molecular complexity index is 408. The van der Waals surface area contributed by atoms with Gasteiger partial charge in [0.25, 0.3) is 0 Å². The maximum atomic E-state index is 10.3. The number of aliphatic hydroxyl groups is 7. The molecule has 0 spiro atoms. The van der Waals surface area contributed by atoms with E-state index in [-0.39, 0.29) is 6.61 Å². The Morgan fingerprint density at radius 2 is 1.40 bits per heavy atom. The first-order chi connectivity index (χ1) is 11.8. The van der Waals surface area contributed by atoms with Gasteiger partial charge in [-0.05, 0) is 6.92 Å². The highest BCUT2D eigenvalue weighted by molar-refractivity contribution is 4.94. The van der Waals surface area contributed by atoms with E-state index in [1.807, 2.05) is 0 Å². The average Bonchev–Trinajstić information content (AvgIpc) is 2.60. The fourth-order valence-electron chi connectivity index (χ4n) is 2.94. The summed E-state index contributed by atoms with van der Waals surface area (Å²) in [7, 11) is 0. The molecule has 2 saturated heterocycles. The van der Waals surface area contributed by atoms with Crippen LogP contribution in [0.25, 0.3) is 0 Å². The molecule has 7 N–H and O–H groups in total. The molecule has 148 valence electrons. The SMILES string of the molecule is CCO[C@@H]1[C@@H](O)[C@@H](O[C@H]2[C@H](O)[C@@H](O)[C@H](O)O[C@@H]2CO)O[C@H](CO)[C@H]1O. The zero-order chi connectivity index (χ0) is 18.7. The largest absolute Gasteiger partial charge is 0.394 e. The lowest BCUT2D eigenvalue weighted by atomic mass is 9.97. The lowest BCUT2D eigenvalue weighted by Gasteiger charge is -2.46. The highest BCUT2D eigenvalue weighted by Crippen LogP contribution is 2.29. The third-order valence-electron chi connectivity index (χ3n) is 4.31. The Labute approximate surface area is 143 Å². The van der Waals surface area contributed by atoms with E-state index in [4.69, 9.17) is 18.9 Å². The molecule has 0 amide bonds. The molecule has 2 rings (SSSR count). The molecule has 0 aromatic rings. The van der Waals surface area contributed by atoms with E-state index in [0.29, 0.717) is 0 Å². The molecule has 2 aliphatic rings. The first kappa shape index (κ1) is 20.9. The molecule has 0 unspecified atom stereocenters. The van der Waals surface area contributed by atoms with E-state index >= 15 is 0 Å². The molecule has 0 aromatic heterocycles. The first-order valence-corrected chi connectivity index (χ1v) is 8.05. The third kappa shape index (κ3) is 4.28. The molecule has 11 heteroatoms. The van der Waals surface area contributed by atoms with Crippen LogP contribution >= 0.6 is 0 Å². The molecule has 10 atom stereocenters. The summed E-state index contributed by atoms with van der Waals surface area (Å²) >= 11 is 0. The number of hydrogen-bond donors (Lipinski definition) is 7. The molecule has 11 nitrogen and oxygen atoms in total. The van der Waals surface area contributed by atoms with Crippen LogP contribution in [0.15, 0.2) is 0 Å². The Morgan fingerprint density at radius 1 is 0.760 bits per heavy atom. The van der Waals surface area contributed by atoms with Gasteiger partial charge in [0, 0.05) is 6.61 Å². The topological polar surface area (TPSA) is 179 Å². The van der Waals surface area contributed by atoms with Crippen LogP contribution in [-0.2, 0) is 18.9 Å². The van der Waals surface area contributed by atoms with Crippen molar-refractivity contribution in [2.75, 3.05) is 19.8 Å². The van der Waals surface area contributed by atoms with Crippen LogP contribution in [0, 0.1) is 0 Å². The van der Waals surface area contributed by atoms with Crippen LogP contribution in [0.3, 0.4) is 0 Å². The van der Waals surface area contributed by atoms with Gasteiger partial charge in [-0.3, -0.25) is 0 Å². The minimum Gasteiger partial charge on any atom is -0.394 e. The summed E-state index contributed by atoms with van der Waals surface area (Å²) in [5.41, 5.74) is 0. The van der Waals surface area contributed by atoms with Crippen LogP contribution in [0.1, 0.15) is 6.92 Å². The number of aliphatic hydroxyl groups excluding tert-OH is 7. The van der Waals surface area contributed by atoms with E-state index in [1.165, 1.54) is 0 Å². The zero-order valence-electron chi connectivity index (χ0n) is 13.7. The molecular weight excluding hydrogens is 344 g/mol. The molecule has 0 bridgehead atoms. The van der Waals surface area contributed by atoms with Crippen molar-refractivity contribution in [2.45, 2.75) is 68.3 Å². The van der Waals surface area contributed by atoms with E-state index in [1.54, 1.807) is 6.92 Å². The smallest absolute Gasteiger partial charge is 0.187 e. The van der Waals surface area contributed by atoms with Gasteiger partial charge in [-0.1, -0.05) is 0 Å². The van der Waals surface area contributed by atoms with Crippen molar-refractivity contribution in [2.24, 2.45) is 0 Å². The lowest BCUT2D eigenvalue weighted by Crippen LogP contribution is -2.64. The van der Waals surface area contributed by atoms with Crippen molar-refractivity contribution in [3.8, 4) is 0 Å². The predicted molar refractivity (Wildman–Crippen MR) is 78.0 cm³/mol. The quantitative estimate of drug-likeness (QED) is 0.240. The van der Waals surface area contributed by atoms with Gasteiger partial charge in [0.2, 0.25) is 0 Å². The molecule has 2 heterocycles. The van der Waals surface area contributed by atoms with Gasteiger partial charge < -0.3 is 54.7 Å². The van der Waals surface area contributed by atoms with Crippen LogP contribution < -0.4 is 0 Å². The maximum absolute atomic E-state index is 10.3. The van der Waals surface area contributed by atoms with Gasteiger partial charge in [0.05, 0.1) is 13.2 Å². The van der Waals surface area contributed by atoms with Crippen molar-refractivity contribution >= 4 is 0 Å². The Kier molecular flexibility index (Phi) is 7.49. The second-order valence-corrected chi connectivity index (χ2v) is 5.96.